The SMILES string of the molecule is CCN(Cc1ccccc1)C(=O)CC(=O)Nc1cc(C)ccc1C. The molecular formula is C20H24N2O2. The first-order valence-electron chi connectivity index (χ1n) is 8.18. The number of anilines is 1. The molecule has 4 heteroatoms. The van der Waals surface area contributed by atoms with Crippen molar-refractivity contribution in [3.63, 3.8) is 0 Å². The Balaban J connectivity index is 1.96. The molecule has 0 atom stereocenters. The fourth-order valence-corrected chi connectivity index (χ4v) is 2.49. The lowest BCUT2D eigenvalue weighted by Crippen LogP contribution is -2.33. The van der Waals surface area contributed by atoms with Crippen molar-refractivity contribution in [2.75, 3.05) is 11.9 Å². The lowest BCUT2D eigenvalue weighted by molar-refractivity contribution is -0.134. The fourth-order valence-electron chi connectivity index (χ4n) is 2.49. The van der Waals surface area contributed by atoms with E-state index in [0.29, 0.717) is 13.1 Å². The second-order valence-corrected chi connectivity index (χ2v) is 5.94. The van der Waals surface area contributed by atoms with Gasteiger partial charge in [-0.25, -0.2) is 0 Å². The molecule has 0 spiro atoms. The van der Waals surface area contributed by atoms with Crippen molar-refractivity contribution in [1.82, 2.24) is 4.90 Å². The lowest BCUT2D eigenvalue weighted by atomic mass is 10.1. The summed E-state index contributed by atoms with van der Waals surface area (Å²) in [6.45, 7) is 6.92. The van der Waals surface area contributed by atoms with Gasteiger partial charge >= 0.3 is 0 Å². The van der Waals surface area contributed by atoms with Crippen molar-refractivity contribution in [1.29, 1.82) is 0 Å². The van der Waals surface area contributed by atoms with Gasteiger partial charge in [0, 0.05) is 18.8 Å². The van der Waals surface area contributed by atoms with Gasteiger partial charge in [-0.05, 0) is 43.5 Å². The molecule has 0 unspecified atom stereocenters. The molecule has 0 fully saturated rings. The summed E-state index contributed by atoms with van der Waals surface area (Å²) in [6.07, 6.45) is -0.145. The first-order chi connectivity index (χ1) is 11.5. The molecule has 1 N–H and O–H groups in total. The Morgan fingerprint density at radius 2 is 1.75 bits per heavy atom. The predicted molar refractivity (Wildman–Crippen MR) is 96.7 cm³/mol. The van der Waals surface area contributed by atoms with Gasteiger partial charge in [0.15, 0.2) is 0 Å². The van der Waals surface area contributed by atoms with Gasteiger partial charge < -0.3 is 10.2 Å². The number of hydrogen-bond donors (Lipinski definition) is 1. The number of amides is 2. The zero-order chi connectivity index (χ0) is 17.5. The Bertz CT molecular complexity index is 711. The van der Waals surface area contributed by atoms with Crippen molar-refractivity contribution in [2.24, 2.45) is 0 Å². The van der Waals surface area contributed by atoms with Gasteiger partial charge in [0.05, 0.1) is 0 Å². The Morgan fingerprint density at radius 3 is 2.42 bits per heavy atom. The summed E-state index contributed by atoms with van der Waals surface area (Å²) in [4.78, 5) is 26.3. The first kappa shape index (κ1) is 17.7. The standard InChI is InChI=1S/C20H24N2O2/c1-4-22(14-17-8-6-5-7-9-17)20(24)13-19(23)21-18-12-15(2)10-11-16(18)3/h5-12H,4,13-14H2,1-3H3,(H,21,23). The zero-order valence-electron chi connectivity index (χ0n) is 14.5. The van der Waals surface area contributed by atoms with Crippen molar-refractivity contribution in [2.45, 2.75) is 33.7 Å². The minimum Gasteiger partial charge on any atom is -0.338 e. The van der Waals surface area contributed by atoms with Gasteiger partial charge in [0.1, 0.15) is 6.42 Å². The van der Waals surface area contributed by atoms with Crippen LogP contribution in [0.4, 0.5) is 5.69 Å². The maximum atomic E-state index is 12.4. The molecule has 0 radical (unpaired) electrons. The summed E-state index contributed by atoms with van der Waals surface area (Å²) in [5, 5.41) is 2.84. The van der Waals surface area contributed by atoms with Crippen LogP contribution in [0.3, 0.4) is 0 Å². The van der Waals surface area contributed by atoms with Crippen LogP contribution in [0, 0.1) is 13.8 Å². The summed E-state index contributed by atoms with van der Waals surface area (Å²) < 4.78 is 0. The lowest BCUT2D eigenvalue weighted by Gasteiger charge is -2.21. The predicted octanol–water partition coefficient (Wildman–Crippen LogP) is 3.68. The van der Waals surface area contributed by atoms with Gasteiger partial charge in [-0.2, -0.15) is 0 Å². The van der Waals surface area contributed by atoms with E-state index < -0.39 is 0 Å². The van der Waals surface area contributed by atoms with E-state index in [2.05, 4.69) is 5.32 Å². The number of nitrogens with zero attached hydrogens (tertiary/aromatic N) is 1. The van der Waals surface area contributed by atoms with E-state index in [0.717, 1.165) is 22.4 Å². The molecule has 2 aromatic carbocycles. The molecule has 0 saturated carbocycles. The minimum absolute atomic E-state index is 0.145. The number of rotatable bonds is 6. The van der Waals surface area contributed by atoms with E-state index in [9.17, 15) is 9.59 Å². The summed E-state index contributed by atoms with van der Waals surface area (Å²) in [7, 11) is 0. The number of hydrogen-bond acceptors (Lipinski definition) is 2. The van der Waals surface area contributed by atoms with Crippen LogP contribution in [0.1, 0.15) is 30.0 Å². The third-order valence-corrected chi connectivity index (χ3v) is 3.93. The van der Waals surface area contributed by atoms with Crippen LogP contribution in [0.5, 0.6) is 0 Å². The molecule has 2 rings (SSSR count). The van der Waals surface area contributed by atoms with Crippen LogP contribution < -0.4 is 5.32 Å². The average Bonchev–Trinajstić information content (AvgIpc) is 2.56. The molecule has 24 heavy (non-hydrogen) atoms. The average molecular weight is 324 g/mol. The maximum absolute atomic E-state index is 12.4. The van der Waals surface area contributed by atoms with Crippen molar-refractivity contribution in [3.05, 3.63) is 65.2 Å². The third-order valence-electron chi connectivity index (χ3n) is 3.93. The van der Waals surface area contributed by atoms with Gasteiger partial charge in [0.25, 0.3) is 0 Å². The molecule has 0 aliphatic carbocycles. The maximum Gasteiger partial charge on any atom is 0.233 e. The van der Waals surface area contributed by atoms with Gasteiger partial charge in [-0.3, -0.25) is 9.59 Å². The minimum atomic E-state index is -0.278. The van der Waals surface area contributed by atoms with E-state index >= 15 is 0 Å². The number of aryl methyl sites for hydroxylation is 2. The monoisotopic (exact) mass is 324 g/mol. The highest BCUT2D eigenvalue weighted by Crippen LogP contribution is 2.16. The second-order valence-electron chi connectivity index (χ2n) is 5.94. The number of carbonyl (C=O) groups excluding carboxylic acids is 2. The van der Waals surface area contributed by atoms with E-state index in [1.807, 2.05) is 69.3 Å². The quantitative estimate of drug-likeness (QED) is 0.824. The zero-order valence-corrected chi connectivity index (χ0v) is 14.5. The van der Waals surface area contributed by atoms with Crippen LogP contribution in [0.15, 0.2) is 48.5 Å². The molecule has 4 nitrogen and oxygen atoms in total. The highest BCUT2D eigenvalue weighted by atomic mass is 16.2. The molecule has 0 saturated heterocycles. The smallest absolute Gasteiger partial charge is 0.233 e. The van der Waals surface area contributed by atoms with Gasteiger partial charge in [0.2, 0.25) is 11.8 Å². The van der Waals surface area contributed by atoms with Crippen LogP contribution in [-0.4, -0.2) is 23.3 Å². The first-order valence-corrected chi connectivity index (χ1v) is 8.18. The number of carbonyl (C=O) groups is 2. The Labute approximate surface area is 143 Å². The van der Waals surface area contributed by atoms with Crippen molar-refractivity contribution >= 4 is 17.5 Å². The van der Waals surface area contributed by atoms with E-state index in [4.69, 9.17) is 0 Å². The van der Waals surface area contributed by atoms with Crippen LogP contribution >= 0.6 is 0 Å². The molecule has 0 aromatic heterocycles. The van der Waals surface area contributed by atoms with Gasteiger partial charge in [-0.1, -0.05) is 42.5 Å². The topological polar surface area (TPSA) is 49.4 Å². The highest BCUT2D eigenvalue weighted by Gasteiger charge is 2.17. The summed E-state index contributed by atoms with van der Waals surface area (Å²) in [6, 6.07) is 15.7. The molecule has 0 bridgehead atoms. The number of benzene rings is 2. The normalized spacial score (nSPS) is 10.3. The Kier molecular flexibility index (Phi) is 6.13. The Hall–Kier alpha value is -2.62. The summed E-state index contributed by atoms with van der Waals surface area (Å²) in [5.74, 6) is -0.440. The third kappa shape index (κ3) is 4.95. The van der Waals surface area contributed by atoms with Crippen LogP contribution in [0.25, 0.3) is 0 Å². The molecule has 2 aromatic rings. The molecule has 0 heterocycles. The Morgan fingerprint density at radius 1 is 1.04 bits per heavy atom. The summed E-state index contributed by atoms with van der Waals surface area (Å²) >= 11 is 0. The van der Waals surface area contributed by atoms with E-state index in [1.165, 1.54) is 0 Å². The molecular weight excluding hydrogens is 300 g/mol. The van der Waals surface area contributed by atoms with E-state index in [1.54, 1.807) is 4.90 Å². The van der Waals surface area contributed by atoms with Crippen molar-refractivity contribution in [3.8, 4) is 0 Å². The molecule has 0 aliphatic rings. The largest absolute Gasteiger partial charge is 0.338 e. The second kappa shape index (κ2) is 8.29. The van der Waals surface area contributed by atoms with Gasteiger partial charge in [-0.15, -0.1) is 0 Å². The summed E-state index contributed by atoms with van der Waals surface area (Å²) in [5.41, 5.74) is 3.88. The van der Waals surface area contributed by atoms with Crippen LogP contribution in [0.2, 0.25) is 0 Å². The molecule has 0 aliphatic heterocycles. The number of nitrogens with one attached hydrogen (secondary N) is 1. The van der Waals surface area contributed by atoms with Crippen molar-refractivity contribution < 1.29 is 9.59 Å². The molecule has 2 amide bonds. The van der Waals surface area contributed by atoms with Crippen LogP contribution in [-0.2, 0) is 16.1 Å². The fraction of sp³-hybridized carbons (Fsp3) is 0.300. The molecule has 126 valence electrons. The van der Waals surface area contributed by atoms with E-state index in [-0.39, 0.29) is 18.2 Å². The highest BCUT2D eigenvalue weighted by molar-refractivity contribution is 6.03.